The van der Waals surface area contributed by atoms with E-state index in [1.807, 2.05) is 36.2 Å². The zero-order chi connectivity index (χ0) is 14.5. The number of rotatable bonds is 4. The van der Waals surface area contributed by atoms with Crippen LogP contribution in [0.15, 0.2) is 28.7 Å². The van der Waals surface area contributed by atoms with Crippen molar-refractivity contribution in [3.05, 3.63) is 34.3 Å². The molecule has 0 radical (unpaired) electrons. The predicted octanol–water partition coefficient (Wildman–Crippen LogP) is 3.40. The second-order valence-electron chi connectivity index (χ2n) is 5.50. The number of carbonyl (C=O) groups is 1. The molecule has 0 aliphatic carbocycles. The Morgan fingerprint density at radius 2 is 1.90 bits per heavy atom. The summed E-state index contributed by atoms with van der Waals surface area (Å²) in [4.78, 5) is 16.9. The van der Waals surface area contributed by atoms with Gasteiger partial charge in [-0.15, -0.1) is 0 Å². The molecule has 1 fully saturated rings. The Morgan fingerprint density at radius 3 is 2.45 bits per heavy atom. The Morgan fingerprint density at radius 1 is 1.30 bits per heavy atom. The van der Waals surface area contributed by atoms with E-state index in [-0.39, 0.29) is 5.91 Å². The molecule has 110 valence electrons. The van der Waals surface area contributed by atoms with Gasteiger partial charge in [0.2, 0.25) is 0 Å². The molecule has 1 aliphatic rings. The first kappa shape index (κ1) is 15.5. The van der Waals surface area contributed by atoms with Crippen molar-refractivity contribution in [3.8, 4) is 0 Å². The van der Waals surface area contributed by atoms with Crippen molar-refractivity contribution >= 4 is 21.8 Å². The van der Waals surface area contributed by atoms with Crippen LogP contribution >= 0.6 is 15.9 Å². The van der Waals surface area contributed by atoms with E-state index in [1.54, 1.807) is 0 Å². The highest BCUT2D eigenvalue weighted by Crippen LogP contribution is 2.18. The number of amides is 1. The molecule has 0 N–H and O–H groups in total. The highest BCUT2D eigenvalue weighted by Gasteiger charge is 2.25. The molecule has 1 heterocycles. The quantitative estimate of drug-likeness (QED) is 0.839. The van der Waals surface area contributed by atoms with Crippen LogP contribution in [0.1, 0.15) is 36.5 Å². The summed E-state index contributed by atoms with van der Waals surface area (Å²) >= 11 is 3.40. The van der Waals surface area contributed by atoms with E-state index in [1.165, 1.54) is 13.0 Å². The lowest BCUT2D eigenvalue weighted by molar-refractivity contribution is 0.0642. The van der Waals surface area contributed by atoms with Gasteiger partial charge in [0.1, 0.15) is 0 Å². The molecule has 1 aromatic rings. The van der Waals surface area contributed by atoms with Gasteiger partial charge in [0.15, 0.2) is 0 Å². The van der Waals surface area contributed by atoms with Gasteiger partial charge in [-0.25, -0.2) is 0 Å². The molecule has 0 atom stereocenters. The fourth-order valence-electron chi connectivity index (χ4n) is 2.81. The third kappa shape index (κ3) is 3.83. The lowest BCUT2D eigenvalue weighted by atomic mass is 10.0. The molecular weight excluding hydrogens is 316 g/mol. The maximum atomic E-state index is 12.5. The zero-order valence-corrected chi connectivity index (χ0v) is 13.9. The smallest absolute Gasteiger partial charge is 0.253 e. The topological polar surface area (TPSA) is 23.6 Å². The van der Waals surface area contributed by atoms with E-state index in [0.717, 1.165) is 36.0 Å². The number of piperidine rings is 1. The minimum Gasteiger partial charge on any atom is -0.339 e. The SMILES string of the molecule is CCCN1CCC(N(C)C(=O)c2ccc(Br)cc2)CC1. The molecule has 1 aliphatic heterocycles. The van der Waals surface area contributed by atoms with Crippen LogP contribution in [0.4, 0.5) is 0 Å². The van der Waals surface area contributed by atoms with Crippen molar-refractivity contribution in [2.24, 2.45) is 0 Å². The van der Waals surface area contributed by atoms with Gasteiger partial charge >= 0.3 is 0 Å². The normalized spacial score (nSPS) is 17.1. The molecule has 0 unspecified atom stereocenters. The van der Waals surface area contributed by atoms with Crippen molar-refractivity contribution in [2.45, 2.75) is 32.2 Å². The highest BCUT2D eigenvalue weighted by molar-refractivity contribution is 9.10. The van der Waals surface area contributed by atoms with E-state index in [4.69, 9.17) is 0 Å². The van der Waals surface area contributed by atoms with Crippen LogP contribution in [0.5, 0.6) is 0 Å². The average molecular weight is 339 g/mol. The van der Waals surface area contributed by atoms with Gasteiger partial charge in [-0.3, -0.25) is 4.79 Å². The Hall–Kier alpha value is -0.870. The number of benzene rings is 1. The Bertz CT molecular complexity index is 438. The summed E-state index contributed by atoms with van der Waals surface area (Å²) in [6.45, 7) is 5.61. The van der Waals surface area contributed by atoms with Crippen molar-refractivity contribution in [1.82, 2.24) is 9.80 Å². The van der Waals surface area contributed by atoms with Crippen molar-refractivity contribution in [2.75, 3.05) is 26.7 Å². The van der Waals surface area contributed by atoms with E-state index in [9.17, 15) is 4.79 Å². The van der Waals surface area contributed by atoms with Crippen LogP contribution in [-0.2, 0) is 0 Å². The monoisotopic (exact) mass is 338 g/mol. The van der Waals surface area contributed by atoms with Gasteiger partial charge in [-0.05, 0) is 50.1 Å². The fraction of sp³-hybridized carbons (Fsp3) is 0.562. The first-order valence-electron chi connectivity index (χ1n) is 7.37. The lowest BCUT2D eigenvalue weighted by Crippen LogP contribution is -2.45. The third-order valence-corrected chi connectivity index (χ3v) is 4.58. The summed E-state index contributed by atoms with van der Waals surface area (Å²) in [5.74, 6) is 0.131. The van der Waals surface area contributed by atoms with Crippen molar-refractivity contribution in [1.29, 1.82) is 0 Å². The lowest BCUT2D eigenvalue weighted by Gasteiger charge is -2.36. The zero-order valence-electron chi connectivity index (χ0n) is 12.3. The van der Waals surface area contributed by atoms with E-state index in [2.05, 4.69) is 27.8 Å². The number of likely N-dealkylation sites (tertiary alicyclic amines) is 1. The van der Waals surface area contributed by atoms with Crippen LogP contribution in [-0.4, -0.2) is 48.4 Å². The van der Waals surface area contributed by atoms with Crippen LogP contribution in [0.25, 0.3) is 0 Å². The molecule has 0 bridgehead atoms. The van der Waals surface area contributed by atoms with E-state index >= 15 is 0 Å². The van der Waals surface area contributed by atoms with Crippen LogP contribution in [0.3, 0.4) is 0 Å². The number of hydrogen-bond acceptors (Lipinski definition) is 2. The van der Waals surface area contributed by atoms with E-state index < -0.39 is 0 Å². The molecule has 0 saturated carbocycles. The Labute approximate surface area is 130 Å². The number of halogens is 1. The molecule has 20 heavy (non-hydrogen) atoms. The molecule has 1 amide bonds. The molecule has 0 spiro atoms. The largest absolute Gasteiger partial charge is 0.339 e. The van der Waals surface area contributed by atoms with E-state index in [0.29, 0.717) is 6.04 Å². The minimum atomic E-state index is 0.131. The van der Waals surface area contributed by atoms with Gasteiger partial charge in [-0.2, -0.15) is 0 Å². The molecule has 1 aromatic carbocycles. The molecule has 1 saturated heterocycles. The summed E-state index contributed by atoms with van der Waals surface area (Å²) < 4.78 is 1.00. The van der Waals surface area contributed by atoms with Crippen LogP contribution in [0.2, 0.25) is 0 Å². The molecule has 0 aromatic heterocycles. The molecule has 2 rings (SSSR count). The minimum absolute atomic E-state index is 0.131. The fourth-order valence-corrected chi connectivity index (χ4v) is 3.07. The maximum Gasteiger partial charge on any atom is 0.253 e. The summed E-state index contributed by atoms with van der Waals surface area (Å²) in [5.41, 5.74) is 0.770. The van der Waals surface area contributed by atoms with Gasteiger partial charge in [0.25, 0.3) is 5.91 Å². The number of carbonyl (C=O) groups excluding carboxylic acids is 1. The summed E-state index contributed by atoms with van der Waals surface area (Å²) in [6, 6.07) is 7.99. The third-order valence-electron chi connectivity index (χ3n) is 4.06. The average Bonchev–Trinajstić information content (AvgIpc) is 2.48. The Balaban J connectivity index is 1.93. The summed E-state index contributed by atoms with van der Waals surface area (Å²) in [6.07, 6.45) is 3.37. The number of hydrogen-bond donors (Lipinski definition) is 0. The van der Waals surface area contributed by atoms with Gasteiger partial charge in [0, 0.05) is 36.2 Å². The first-order chi connectivity index (χ1) is 9.61. The van der Waals surface area contributed by atoms with Gasteiger partial charge < -0.3 is 9.80 Å². The maximum absolute atomic E-state index is 12.5. The summed E-state index contributed by atoms with van der Waals surface area (Å²) in [5, 5.41) is 0. The van der Waals surface area contributed by atoms with Crippen molar-refractivity contribution < 1.29 is 4.79 Å². The molecule has 3 nitrogen and oxygen atoms in total. The first-order valence-corrected chi connectivity index (χ1v) is 8.16. The van der Waals surface area contributed by atoms with Crippen LogP contribution in [0, 0.1) is 0 Å². The molecule has 4 heteroatoms. The standard InChI is InChI=1S/C16H23BrN2O/c1-3-10-19-11-8-15(9-12-19)18(2)16(20)13-4-6-14(17)7-5-13/h4-7,15H,3,8-12H2,1-2H3. The van der Waals surface area contributed by atoms with Crippen molar-refractivity contribution in [3.63, 3.8) is 0 Å². The predicted molar refractivity (Wildman–Crippen MR) is 86.0 cm³/mol. The molecular formula is C16H23BrN2O. The Kier molecular flexibility index (Phi) is 5.61. The van der Waals surface area contributed by atoms with Gasteiger partial charge in [0.05, 0.1) is 0 Å². The second kappa shape index (κ2) is 7.23. The summed E-state index contributed by atoms with van der Waals surface area (Å²) in [7, 11) is 1.94. The van der Waals surface area contributed by atoms with Crippen LogP contribution < -0.4 is 0 Å². The second-order valence-corrected chi connectivity index (χ2v) is 6.41. The highest BCUT2D eigenvalue weighted by atomic mass is 79.9. The van der Waals surface area contributed by atoms with Gasteiger partial charge in [-0.1, -0.05) is 22.9 Å². The number of nitrogens with zero attached hydrogens (tertiary/aromatic N) is 2.